The van der Waals surface area contributed by atoms with Gasteiger partial charge in [0.25, 0.3) is 5.56 Å². The van der Waals surface area contributed by atoms with E-state index in [9.17, 15) is 24.0 Å². The molecule has 13 nitrogen and oxygen atoms in total. The summed E-state index contributed by atoms with van der Waals surface area (Å²) in [6, 6.07) is 11.1. The van der Waals surface area contributed by atoms with Gasteiger partial charge in [-0.3, -0.25) is 19.0 Å². The predicted octanol–water partition coefficient (Wildman–Crippen LogP) is 5.31. The number of anilines is 1. The highest BCUT2D eigenvalue weighted by atomic mass is 35.5. The van der Waals surface area contributed by atoms with Crippen LogP contribution in [-0.4, -0.2) is 67.2 Å². The molecule has 0 spiro atoms. The lowest BCUT2D eigenvalue weighted by molar-refractivity contribution is -0.119. The molecule has 248 valence electrons. The van der Waals surface area contributed by atoms with Crippen molar-refractivity contribution >= 4 is 52.0 Å². The molecule has 4 aromatic rings. The first-order chi connectivity index (χ1) is 22.5. The highest BCUT2D eigenvalue weighted by Crippen LogP contribution is 2.34. The van der Waals surface area contributed by atoms with Crippen molar-refractivity contribution in [3.05, 3.63) is 81.4 Å². The summed E-state index contributed by atoms with van der Waals surface area (Å²) in [7, 11) is 2.88. The van der Waals surface area contributed by atoms with Crippen LogP contribution in [0.4, 0.5) is 10.5 Å². The second-order valence-corrected chi connectivity index (χ2v) is 10.6. The normalized spacial score (nSPS) is 11.5. The Hall–Kier alpha value is -5.14. The Balaban J connectivity index is 1.72. The lowest BCUT2D eigenvalue weighted by Gasteiger charge is -2.21. The van der Waals surface area contributed by atoms with E-state index in [1.807, 2.05) is 0 Å². The number of benzene rings is 2. The lowest BCUT2D eigenvalue weighted by Crippen LogP contribution is -2.34. The first kappa shape index (κ1) is 34.7. The molecular weight excluding hydrogens is 634 g/mol. The van der Waals surface area contributed by atoms with Crippen molar-refractivity contribution in [2.75, 3.05) is 39.4 Å². The number of nitrogens with zero attached hydrogens (tertiary/aromatic N) is 2. The number of carbonyl (C=O) groups excluding carboxylic acids is 4. The van der Waals surface area contributed by atoms with Crippen LogP contribution in [0, 0.1) is 0 Å². The highest BCUT2D eigenvalue weighted by molar-refractivity contribution is 6.31. The van der Waals surface area contributed by atoms with E-state index in [1.54, 1.807) is 50.2 Å². The molecule has 0 aliphatic heterocycles. The van der Waals surface area contributed by atoms with Crippen molar-refractivity contribution in [2.24, 2.45) is 0 Å². The Morgan fingerprint density at radius 1 is 0.936 bits per heavy atom. The van der Waals surface area contributed by atoms with E-state index in [1.165, 1.54) is 44.0 Å². The maximum absolute atomic E-state index is 13.7. The van der Waals surface area contributed by atoms with E-state index >= 15 is 0 Å². The van der Waals surface area contributed by atoms with Gasteiger partial charge in [-0.1, -0.05) is 11.6 Å². The Morgan fingerprint density at radius 2 is 1.68 bits per heavy atom. The molecule has 0 radical (unpaired) electrons. The van der Waals surface area contributed by atoms with Gasteiger partial charge in [0.1, 0.15) is 11.8 Å². The van der Waals surface area contributed by atoms with Gasteiger partial charge in [-0.2, -0.15) is 4.73 Å². The number of ether oxygens (including phenoxy) is 4. The zero-order chi connectivity index (χ0) is 34.2. The van der Waals surface area contributed by atoms with Crippen LogP contribution in [0.5, 0.6) is 5.75 Å². The SMILES string of the molecule is CCOC(=O)On1c(C(=O)OCC)cc2cc(NC(=O)[C@H](CCOC)n3cc(OC)c(-c4cc(Cl)ccc4C(C)=O)cc3=O)ccc21. The molecule has 1 amide bonds. The molecule has 0 bridgehead atoms. The molecule has 47 heavy (non-hydrogen) atoms. The van der Waals surface area contributed by atoms with Gasteiger partial charge in [0.15, 0.2) is 11.5 Å². The van der Waals surface area contributed by atoms with Crippen LogP contribution in [0.1, 0.15) is 54.1 Å². The van der Waals surface area contributed by atoms with Crippen LogP contribution in [0.2, 0.25) is 5.02 Å². The Bertz CT molecular complexity index is 1880. The van der Waals surface area contributed by atoms with Crippen LogP contribution in [0.3, 0.4) is 0 Å². The van der Waals surface area contributed by atoms with Gasteiger partial charge in [0.2, 0.25) is 5.91 Å². The van der Waals surface area contributed by atoms with E-state index in [4.69, 9.17) is 35.4 Å². The summed E-state index contributed by atoms with van der Waals surface area (Å²) >= 11 is 6.22. The van der Waals surface area contributed by atoms with E-state index in [2.05, 4.69) is 5.32 Å². The maximum atomic E-state index is 13.7. The molecule has 1 N–H and O–H groups in total. The standard InChI is InChI=1S/C33H34ClN3O10/c1-6-45-32(41)28-15-20-14-22(9-11-26(20)37(28)47-33(42)46-7-2)35-31(40)27(12-13-43-4)36-18-29(44-5)25(17-30(36)39)24-16-21(34)8-10-23(24)19(3)38/h8-11,14-18,27H,6-7,12-13H2,1-5H3,(H,35,40)/t27-/m0/s1. The van der Waals surface area contributed by atoms with Gasteiger partial charge in [0.05, 0.1) is 32.0 Å². The minimum Gasteiger partial charge on any atom is -0.495 e. The number of halogens is 1. The molecule has 14 heteroatoms. The molecule has 0 unspecified atom stereocenters. The van der Waals surface area contributed by atoms with Gasteiger partial charge in [0, 0.05) is 53.4 Å². The molecule has 0 aliphatic carbocycles. The number of carbonyl (C=O) groups is 4. The molecule has 1 atom stereocenters. The molecular formula is C33H34ClN3O10. The third-order valence-electron chi connectivity index (χ3n) is 7.09. The number of pyridine rings is 1. The smallest absolute Gasteiger partial charge is 0.495 e. The molecule has 2 aromatic carbocycles. The summed E-state index contributed by atoms with van der Waals surface area (Å²) in [4.78, 5) is 69.6. The Labute approximate surface area is 274 Å². The molecule has 0 saturated carbocycles. The van der Waals surface area contributed by atoms with Crippen molar-refractivity contribution in [3.8, 4) is 16.9 Å². The van der Waals surface area contributed by atoms with Crippen molar-refractivity contribution in [1.82, 2.24) is 9.30 Å². The zero-order valence-corrected chi connectivity index (χ0v) is 27.2. The second-order valence-electron chi connectivity index (χ2n) is 10.1. The number of nitrogens with one attached hydrogen (secondary N) is 1. The van der Waals surface area contributed by atoms with Crippen molar-refractivity contribution in [1.29, 1.82) is 0 Å². The summed E-state index contributed by atoms with van der Waals surface area (Å²) < 4.78 is 23.0. The third-order valence-corrected chi connectivity index (χ3v) is 7.32. The van der Waals surface area contributed by atoms with Crippen molar-refractivity contribution in [2.45, 2.75) is 33.2 Å². The van der Waals surface area contributed by atoms with Crippen molar-refractivity contribution in [3.63, 3.8) is 0 Å². The number of fused-ring (bicyclic) bond motifs is 1. The van der Waals surface area contributed by atoms with Gasteiger partial charge in [-0.05, 0) is 68.8 Å². The van der Waals surface area contributed by atoms with Crippen LogP contribution in [-0.2, 0) is 19.0 Å². The summed E-state index contributed by atoms with van der Waals surface area (Å²) in [6.45, 7) is 4.95. The first-order valence-corrected chi connectivity index (χ1v) is 15.0. The number of amides is 1. The summed E-state index contributed by atoms with van der Waals surface area (Å²) in [5, 5.41) is 3.62. The summed E-state index contributed by atoms with van der Waals surface area (Å²) in [5.41, 5.74) is 1.16. The molecule has 0 aliphatic rings. The monoisotopic (exact) mass is 667 g/mol. The van der Waals surface area contributed by atoms with Gasteiger partial charge >= 0.3 is 12.1 Å². The van der Waals surface area contributed by atoms with Crippen LogP contribution in [0.15, 0.2) is 59.5 Å². The largest absolute Gasteiger partial charge is 0.533 e. The van der Waals surface area contributed by atoms with Gasteiger partial charge in [-0.25, -0.2) is 9.59 Å². The number of Topliss-reactive ketones (excluding diaryl/α,β-unsaturated/α-hetero) is 1. The maximum Gasteiger partial charge on any atom is 0.533 e. The lowest BCUT2D eigenvalue weighted by atomic mass is 9.97. The number of methoxy groups -OCH3 is 2. The molecule has 0 fully saturated rings. The fourth-order valence-electron chi connectivity index (χ4n) is 4.98. The quantitative estimate of drug-likeness (QED) is 0.147. The predicted molar refractivity (Wildman–Crippen MR) is 173 cm³/mol. The number of rotatable bonds is 13. The highest BCUT2D eigenvalue weighted by Gasteiger charge is 2.26. The van der Waals surface area contributed by atoms with Crippen LogP contribution >= 0.6 is 11.6 Å². The van der Waals surface area contributed by atoms with E-state index < -0.39 is 29.6 Å². The molecule has 2 aromatic heterocycles. The molecule has 4 rings (SSSR count). The number of aromatic nitrogens is 2. The number of esters is 1. The minimum absolute atomic E-state index is 0.0605. The minimum atomic E-state index is -1.04. The van der Waals surface area contributed by atoms with Crippen LogP contribution < -0.4 is 20.5 Å². The fraction of sp³-hybridized carbons (Fsp3) is 0.303. The number of ketones is 1. The fourth-order valence-corrected chi connectivity index (χ4v) is 5.15. The number of hydrogen-bond acceptors (Lipinski definition) is 10. The average molecular weight is 668 g/mol. The second kappa shape index (κ2) is 15.4. The first-order valence-electron chi connectivity index (χ1n) is 14.6. The van der Waals surface area contributed by atoms with E-state index in [0.29, 0.717) is 38.3 Å². The zero-order valence-electron chi connectivity index (χ0n) is 26.5. The topological polar surface area (TPSA) is 153 Å². The molecule has 0 saturated heterocycles. The van der Waals surface area contributed by atoms with Crippen molar-refractivity contribution < 1.29 is 43.0 Å². The third kappa shape index (κ3) is 7.81. The summed E-state index contributed by atoms with van der Waals surface area (Å²) in [6.07, 6.45) is 0.512. The van der Waals surface area contributed by atoms with Crippen LogP contribution in [0.25, 0.3) is 22.0 Å². The average Bonchev–Trinajstić information content (AvgIpc) is 3.38. The van der Waals surface area contributed by atoms with E-state index in [-0.39, 0.29) is 43.5 Å². The van der Waals surface area contributed by atoms with E-state index in [0.717, 1.165) is 4.73 Å². The molecule has 2 heterocycles. The number of hydrogen-bond donors (Lipinski definition) is 1. The summed E-state index contributed by atoms with van der Waals surface area (Å²) in [5.74, 6) is -1.27. The Morgan fingerprint density at radius 3 is 2.34 bits per heavy atom. The van der Waals surface area contributed by atoms with Gasteiger partial charge < -0.3 is 29.1 Å². The van der Waals surface area contributed by atoms with Gasteiger partial charge in [-0.15, -0.1) is 0 Å². The Kier molecular flexibility index (Phi) is 11.4.